The quantitative estimate of drug-likeness (QED) is 0.631. The second kappa shape index (κ2) is 2.64. The van der Waals surface area contributed by atoms with Crippen molar-refractivity contribution in [2.75, 3.05) is 6.54 Å². The average Bonchev–Trinajstić information content (AvgIpc) is 2.58. The van der Waals surface area contributed by atoms with Gasteiger partial charge in [0, 0.05) is 0 Å². The Kier molecular flexibility index (Phi) is 1.62. The van der Waals surface area contributed by atoms with Crippen LogP contribution in [0.4, 0.5) is 0 Å². The summed E-state index contributed by atoms with van der Waals surface area (Å²) < 4.78 is 5.22. The van der Waals surface area contributed by atoms with E-state index >= 15 is 0 Å². The Hall–Kier alpha value is -1.29. The molecule has 64 valence electrons. The van der Waals surface area contributed by atoms with Gasteiger partial charge in [-0.2, -0.15) is 0 Å². The maximum atomic E-state index is 10.8. The second-order valence-corrected chi connectivity index (χ2v) is 2.85. The molecular formula is C8H10N2O2. The van der Waals surface area contributed by atoms with Gasteiger partial charge in [0.15, 0.2) is 0 Å². The Morgan fingerprint density at radius 1 is 1.67 bits per heavy atom. The van der Waals surface area contributed by atoms with Crippen molar-refractivity contribution in [1.82, 2.24) is 10.6 Å². The van der Waals surface area contributed by atoms with Crippen molar-refractivity contribution < 1.29 is 9.21 Å². The molecule has 2 heterocycles. The van der Waals surface area contributed by atoms with Crippen molar-refractivity contribution in [3.63, 3.8) is 0 Å². The third-order valence-corrected chi connectivity index (χ3v) is 1.94. The van der Waals surface area contributed by atoms with E-state index in [0.29, 0.717) is 6.54 Å². The maximum Gasteiger partial charge on any atom is 0.235 e. The highest BCUT2D eigenvalue weighted by Gasteiger charge is 2.24. The topological polar surface area (TPSA) is 54.3 Å². The van der Waals surface area contributed by atoms with Crippen LogP contribution in [0.15, 0.2) is 16.7 Å². The Labute approximate surface area is 69.9 Å². The number of carbonyl (C=O) groups excluding carboxylic acids is 1. The molecule has 1 atom stereocenters. The summed E-state index contributed by atoms with van der Waals surface area (Å²) in [6.07, 6.45) is 1.48. The predicted octanol–water partition coefficient (Wildman–Crippen LogP) is 0.306. The van der Waals surface area contributed by atoms with Gasteiger partial charge in [0.25, 0.3) is 0 Å². The number of rotatable bonds is 1. The maximum absolute atomic E-state index is 10.8. The van der Waals surface area contributed by atoms with E-state index in [1.54, 1.807) is 6.26 Å². The zero-order valence-electron chi connectivity index (χ0n) is 6.76. The first-order chi connectivity index (χ1) is 5.77. The van der Waals surface area contributed by atoms with Crippen molar-refractivity contribution in [1.29, 1.82) is 0 Å². The Morgan fingerprint density at radius 2 is 2.50 bits per heavy atom. The minimum Gasteiger partial charge on any atom is -0.465 e. The van der Waals surface area contributed by atoms with Crippen LogP contribution >= 0.6 is 0 Å². The van der Waals surface area contributed by atoms with Crippen LogP contribution in [0.5, 0.6) is 0 Å². The summed E-state index contributed by atoms with van der Waals surface area (Å²) in [6.45, 7) is 2.32. The molecule has 1 aliphatic heterocycles. The molecular weight excluding hydrogens is 156 g/mol. The van der Waals surface area contributed by atoms with Crippen molar-refractivity contribution in [2.24, 2.45) is 0 Å². The SMILES string of the molecule is Cc1ccoc1C1NCC(=O)N1. The molecule has 1 aromatic heterocycles. The van der Waals surface area contributed by atoms with Gasteiger partial charge in [-0.05, 0) is 18.6 Å². The van der Waals surface area contributed by atoms with Crippen molar-refractivity contribution in [3.8, 4) is 0 Å². The Bertz CT molecular complexity index is 306. The molecule has 0 aliphatic carbocycles. The summed E-state index contributed by atoms with van der Waals surface area (Å²) >= 11 is 0. The van der Waals surface area contributed by atoms with Gasteiger partial charge < -0.3 is 9.73 Å². The van der Waals surface area contributed by atoms with Crippen LogP contribution in [0.2, 0.25) is 0 Å². The van der Waals surface area contributed by atoms with E-state index < -0.39 is 0 Å². The lowest BCUT2D eigenvalue weighted by atomic mass is 10.2. The highest BCUT2D eigenvalue weighted by Crippen LogP contribution is 2.17. The highest BCUT2D eigenvalue weighted by molar-refractivity contribution is 5.80. The normalized spacial score (nSPS) is 22.8. The fraction of sp³-hybridized carbons (Fsp3) is 0.375. The number of amides is 1. The van der Waals surface area contributed by atoms with Crippen LogP contribution in [0.25, 0.3) is 0 Å². The zero-order chi connectivity index (χ0) is 8.55. The first-order valence-corrected chi connectivity index (χ1v) is 3.84. The molecule has 2 rings (SSSR count). The van der Waals surface area contributed by atoms with Crippen LogP contribution in [0.1, 0.15) is 17.5 Å². The summed E-state index contributed by atoms with van der Waals surface area (Å²) in [6, 6.07) is 1.88. The zero-order valence-corrected chi connectivity index (χ0v) is 6.76. The minimum absolute atomic E-state index is 0.0100. The van der Waals surface area contributed by atoms with E-state index in [2.05, 4.69) is 10.6 Å². The fourth-order valence-corrected chi connectivity index (χ4v) is 1.30. The Balaban J connectivity index is 2.21. The number of furan rings is 1. The summed E-state index contributed by atoms with van der Waals surface area (Å²) in [4.78, 5) is 10.8. The molecule has 2 N–H and O–H groups in total. The van der Waals surface area contributed by atoms with E-state index in [0.717, 1.165) is 11.3 Å². The van der Waals surface area contributed by atoms with Gasteiger partial charge in [0.05, 0.1) is 12.8 Å². The van der Waals surface area contributed by atoms with Gasteiger partial charge in [-0.1, -0.05) is 0 Å². The lowest BCUT2D eigenvalue weighted by Crippen LogP contribution is -2.22. The third kappa shape index (κ3) is 1.10. The largest absolute Gasteiger partial charge is 0.465 e. The molecule has 1 unspecified atom stereocenters. The summed E-state index contributed by atoms with van der Waals surface area (Å²) in [5.41, 5.74) is 1.05. The van der Waals surface area contributed by atoms with E-state index in [1.165, 1.54) is 0 Å². The monoisotopic (exact) mass is 166 g/mol. The van der Waals surface area contributed by atoms with Crippen LogP contribution < -0.4 is 10.6 Å². The molecule has 1 saturated heterocycles. The van der Waals surface area contributed by atoms with Crippen LogP contribution in [0, 0.1) is 6.92 Å². The first kappa shape index (κ1) is 7.36. The molecule has 1 fully saturated rings. The smallest absolute Gasteiger partial charge is 0.235 e. The highest BCUT2D eigenvalue weighted by atomic mass is 16.3. The van der Waals surface area contributed by atoms with Crippen molar-refractivity contribution in [2.45, 2.75) is 13.1 Å². The van der Waals surface area contributed by atoms with Gasteiger partial charge in [-0.3, -0.25) is 10.1 Å². The number of aryl methyl sites for hydroxylation is 1. The summed E-state index contributed by atoms with van der Waals surface area (Å²) in [7, 11) is 0. The molecule has 0 saturated carbocycles. The first-order valence-electron chi connectivity index (χ1n) is 3.84. The fourth-order valence-electron chi connectivity index (χ4n) is 1.30. The number of hydrogen-bond acceptors (Lipinski definition) is 3. The second-order valence-electron chi connectivity index (χ2n) is 2.85. The standard InChI is InChI=1S/C8H10N2O2/c1-5-2-3-12-7(5)8-9-4-6(11)10-8/h2-3,8-9H,4H2,1H3,(H,10,11). The number of nitrogens with one attached hydrogen (secondary N) is 2. The van der Waals surface area contributed by atoms with Gasteiger partial charge in [0.2, 0.25) is 5.91 Å². The molecule has 0 spiro atoms. The van der Waals surface area contributed by atoms with Gasteiger partial charge in [-0.15, -0.1) is 0 Å². The van der Waals surface area contributed by atoms with Crippen LogP contribution in [0.3, 0.4) is 0 Å². The molecule has 0 bridgehead atoms. The van der Waals surface area contributed by atoms with E-state index in [1.807, 2.05) is 13.0 Å². The van der Waals surface area contributed by atoms with E-state index in [-0.39, 0.29) is 12.1 Å². The molecule has 4 heteroatoms. The van der Waals surface area contributed by atoms with Gasteiger partial charge >= 0.3 is 0 Å². The minimum atomic E-state index is -0.146. The molecule has 1 aliphatic rings. The number of carbonyl (C=O) groups is 1. The summed E-state index contributed by atoms with van der Waals surface area (Å²) in [5.74, 6) is 0.802. The van der Waals surface area contributed by atoms with Crippen LogP contribution in [-0.2, 0) is 4.79 Å². The average molecular weight is 166 g/mol. The van der Waals surface area contributed by atoms with Crippen molar-refractivity contribution >= 4 is 5.91 Å². The molecule has 4 nitrogen and oxygen atoms in total. The van der Waals surface area contributed by atoms with E-state index in [4.69, 9.17) is 4.42 Å². The lowest BCUT2D eigenvalue weighted by Gasteiger charge is -2.07. The molecule has 1 amide bonds. The van der Waals surface area contributed by atoms with Crippen molar-refractivity contribution in [3.05, 3.63) is 23.7 Å². The summed E-state index contributed by atoms with van der Waals surface area (Å²) in [5, 5.41) is 5.75. The molecule has 12 heavy (non-hydrogen) atoms. The molecule has 1 aromatic rings. The van der Waals surface area contributed by atoms with Gasteiger partial charge in [-0.25, -0.2) is 0 Å². The molecule has 0 aromatic carbocycles. The van der Waals surface area contributed by atoms with Gasteiger partial charge in [0.1, 0.15) is 11.9 Å². The van der Waals surface area contributed by atoms with Crippen LogP contribution in [-0.4, -0.2) is 12.5 Å². The third-order valence-electron chi connectivity index (χ3n) is 1.94. The predicted molar refractivity (Wildman–Crippen MR) is 42.3 cm³/mol. The van der Waals surface area contributed by atoms with E-state index in [9.17, 15) is 4.79 Å². The Morgan fingerprint density at radius 3 is 3.00 bits per heavy atom. The molecule has 0 radical (unpaired) electrons. The number of hydrogen-bond donors (Lipinski definition) is 2. The lowest BCUT2D eigenvalue weighted by molar-refractivity contribution is -0.118.